The number of benzene rings is 1. The van der Waals surface area contributed by atoms with Crippen LogP contribution >= 0.6 is 0 Å². The molecule has 1 aromatic carbocycles. The molecule has 0 heterocycles. The molecule has 2 nitrogen and oxygen atoms in total. The van der Waals surface area contributed by atoms with E-state index in [-0.39, 0.29) is 11.9 Å². The molecule has 0 spiro atoms. The Kier molecular flexibility index (Phi) is 5.08. The molecule has 0 aromatic heterocycles. The Morgan fingerprint density at radius 3 is 2.43 bits per heavy atom. The molecular weight excluding hydrogens is 260 g/mol. The van der Waals surface area contributed by atoms with Crippen molar-refractivity contribution in [3.05, 3.63) is 35.9 Å². The van der Waals surface area contributed by atoms with Gasteiger partial charge >= 0.3 is 5.97 Å². The first-order valence-corrected chi connectivity index (χ1v) is 8.12. The Bertz CT molecular complexity index is 458. The predicted molar refractivity (Wildman–Crippen MR) is 86.0 cm³/mol. The minimum atomic E-state index is -0.407. The minimum Gasteiger partial charge on any atom is -0.460 e. The molecule has 1 aliphatic carbocycles. The van der Waals surface area contributed by atoms with E-state index in [9.17, 15) is 4.79 Å². The standard InChI is InChI=1S/C19H28O2/c1-14-10-11-16(12-14)17(18(20)21-19(2,3)4)13-15-8-6-5-7-9-15/h5-9,14,16-17H,10-13H2,1-4H3/t14-,16?,17?/m1/s1. The summed E-state index contributed by atoms with van der Waals surface area (Å²) in [4.78, 5) is 12.6. The van der Waals surface area contributed by atoms with E-state index in [1.165, 1.54) is 12.0 Å². The van der Waals surface area contributed by atoms with Crippen LogP contribution in [0.15, 0.2) is 30.3 Å². The molecule has 2 rings (SSSR count). The molecular formula is C19H28O2. The maximum Gasteiger partial charge on any atom is 0.310 e. The summed E-state index contributed by atoms with van der Waals surface area (Å²) in [6.07, 6.45) is 4.33. The van der Waals surface area contributed by atoms with E-state index in [0.717, 1.165) is 25.2 Å². The van der Waals surface area contributed by atoms with Crippen LogP contribution in [0.5, 0.6) is 0 Å². The molecule has 1 aliphatic rings. The number of esters is 1. The Labute approximate surface area is 128 Å². The molecule has 0 bridgehead atoms. The normalized spacial score (nSPS) is 23.8. The maximum atomic E-state index is 12.6. The maximum absolute atomic E-state index is 12.6. The quantitative estimate of drug-likeness (QED) is 0.755. The zero-order valence-electron chi connectivity index (χ0n) is 13.8. The lowest BCUT2D eigenvalue weighted by Gasteiger charge is -2.27. The van der Waals surface area contributed by atoms with Gasteiger partial charge in [0.05, 0.1) is 5.92 Å². The smallest absolute Gasteiger partial charge is 0.310 e. The lowest BCUT2D eigenvalue weighted by Crippen LogP contribution is -2.33. The summed E-state index contributed by atoms with van der Waals surface area (Å²) in [7, 11) is 0. The van der Waals surface area contributed by atoms with Crippen molar-refractivity contribution in [2.24, 2.45) is 17.8 Å². The van der Waals surface area contributed by atoms with Gasteiger partial charge in [0.1, 0.15) is 5.60 Å². The average Bonchev–Trinajstić information content (AvgIpc) is 2.81. The second kappa shape index (κ2) is 6.64. The number of carbonyl (C=O) groups excluding carboxylic acids is 1. The Hall–Kier alpha value is -1.31. The molecule has 0 aliphatic heterocycles. The van der Waals surface area contributed by atoms with Crippen LogP contribution in [-0.4, -0.2) is 11.6 Å². The number of carbonyl (C=O) groups is 1. The van der Waals surface area contributed by atoms with Gasteiger partial charge in [0.15, 0.2) is 0 Å². The number of hydrogen-bond acceptors (Lipinski definition) is 2. The third-order valence-corrected chi connectivity index (χ3v) is 4.31. The monoisotopic (exact) mass is 288 g/mol. The fourth-order valence-electron chi connectivity index (χ4n) is 3.30. The van der Waals surface area contributed by atoms with Crippen LogP contribution in [0, 0.1) is 17.8 Å². The van der Waals surface area contributed by atoms with E-state index in [2.05, 4.69) is 19.1 Å². The van der Waals surface area contributed by atoms with Gasteiger partial charge < -0.3 is 4.74 Å². The van der Waals surface area contributed by atoms with Crippen LogP contribution in [0.3, 0.4) is 0 Å². The van der Waals surface area contributed by atoms with Crippen LogP contribution in [0.4, 0.5) is 0 Å². The van der Waals surface area contributed by atoms with Crippen molar-refractivity contribution in [2.45, 2.75) is 59.0 Å². The molecule has 0 radical (unpaired) electrons. The average molecular weight is 288 g/mol. The Morgan fingerprint density at radius 1 is 1.24 bits per heavy atom. The molecule has 1 saturated carbocycles. The number of hydrogen-bond donors (Lipinski definition) is 0. The van der Waals surface area contributed by atoms with Crippen LogP contribution in [0.1, 0.15) is 52.5 Å². The van der Waals surface area contributed by atoms with Gasteiger partial charge in [-0.25, -0.2) is 0 Å². The van der Waals surface area contributed by atoms with Gasteiger partial charge in [0.25, 0.3) is 0 Å². The van der Waals surface area contributed by atoms with Crippen molar-refractivity contribution in [3.63, 3.8) is 0 Å². The van der Waals surface area contributed by atoms with Gasteiger partial charge in [0.2, 0.25) is 0 Å². The second-order valence-corrected chi connectivity index (χ2v) is 7.51. The molecule has 2 unspecified atom stereocenters. The second-order valence-electron chi connectivity index (χ2n) is 7.51. The first-order valence-electron chi connectivity index (χ1n) is 8.12. The highest BCUT2D eigenvalue weighted by molar-refractivity contribution is 5.73. The zero-order valence-corrected chi connectivity index (χ0v) is 13.8. The summed E-state index contributed by atoms with van der Waals surface area (Å²) in [5.41, 5.74) is 0.823. The van der Waals surface area contributed by atoms with Crippen molar-refractivity contribution in [2.75, 3.05) is 0 Å². The Morgan fingerprint density at radius 2 is 1.90 bits per heavy atom. The number of ether oxygens (including phenoxy) is 1. The molecule has 0 N–H and O–H groups in total. The summed E-state index contributed by atoms with van der Waals surface area (Å²) in [5.74, 6) is 1.17. The molecule has 0 saturated heterocycles. The summed E-state index contributed by atoms with van der Waals surface area (Å²) < 4.78 is 5.68. The van der Waals surface area contributed by atoms with E-state index in [1.807, 2.05) is 39.0 Å². The molecule has 0 amide bonds. The molecule has 3 atom stereocenters. The third-order valence-electron chi connectivity index (χ3n) is 4.31. The van der Waals surface area contributed by atoms with Crippen molar-refractivity contribution in [1.82, 2.24) is 0 Å². The molecule has 116 valence electrons. The fourth-order valence-corrected chi connectivity index (χ4v) is 3.30. The first-order chi connectivity index (χ1) is 9.85. The van der Waals surface area contributed by atoms with Gasteiger partial charge in [-0.2, -0.15) is 0 Å². The predicted octanol–water partition coefficient (Wildman–Crippen LogP) is 4.62. The van der Waals surface area contributed by atoms with Crippen LogP contribution in [0.25, 0.3) is 0 Å². The van der Waals surface area contributed by atoms with Gasteiger partial charge in [0, 0.05) is 0 Å². The summed E-state index contributed by atoms with van der Waals surface area (Å²) in [6, 6.07) is 10.3. The fraction of sp³-hybridized carbons (Fsp3) is 0.632. The van der Waals surface area contributed by atoms with Crippen LogP contribution in [0.2, 0.25) is 0 Å². The van der Waals surface area contributed by atoms with E-state index in [0.29, 0.717) is 5.92 Å². The minimum absolute atomic E-state index is 0.00317. The van der Waals surface area contributed by atoms with E-state index in [1.54, 1.807) is 0 Å². The van der Waals surface area contributed by atoms with E-state index in [4.69, 9.17) is 4.74 Å². The zero-order chi connectivity index (χ0) is 15.5. The van der Waals surface area contributed by atoms with Crippen molar-refractivity contribution < 1.29 is 9.53 Å². The van der Waals surface area contributed by atoms with Gasteiger partial charge in [-0.05, 0) is 57.4 Å². The topological polar surface area (TPSA) is 26.3 Å². The molecule has 1 fully saturated rings. The highest BCUT2D eigenvalue weighted by atomic mass is 16.6. The SMILES string of the molecule is C[C@@H]1CCC(C(Cc2ccccc2)C(=O)OC(C)(C)C)C1. The molecule has 1 aromatic rings. The molecule has 2 heteroatoms. The van der Waals surface area contributed by atoms with Gasteiger partial charge in [-0.1, -0.05) is 43.7 Å². The van der Waals surface area contributed by atoms with Gasteiger partial charge in [-0.15, -0.1) is 0 Å². The lowest BCUT2D eigenvalue weighted by molar-refractivity contribution is -0.162. The van der Waals surface area contributed by atoms with Crippen molar-refractivity contribution in [3.8, 4) is 0 Å². The van der Waals surface area contributed by atoms with Crippen LogP contribution < -0.4 is 0 Å². The Balaban J connectivity index is 2.12. The lowest BCUT2D eigenvalue weighted by atomic mass is 9.85. The highest BCUT2D eigenvalue weighted by Gasteiger charge is 2.35. The highest BCUT2D eigenvalue weighted by Crippen LogP contribution is 2.38. The third kappa shape index (κ3) is 4.87. The first kappa shape index (κ1) is 16.1. The van der Waals surface area contributed by atoms with E-state index >= 15 is 0 Å². The van der Waals surface area contributed by atoms with Crippen molar-refractivity contribution in [1.29, 1.82) is 0 Å². The molecule has 21 heavy (non-hydrogen) atoms. The van der Waals surface area contributed by atoms with Gasteiger partial charge in [-0.3, -0.25) is 4.79 Å². The number of rotatable bonds is 4. The summed E-state index contributed by atoms with van der Waals surface area (Å²) >= 11 is 0. The summed E-state index contributed by atoms with van der Waals surface area (Å²) in [6.45, 7) is 8.12. The summed E-state index contributed by atoms with van der Waals surface area (Å²) in [5, 5.41) is 0. The van der Waals surface area contributed by atoms with Crippen LogP contribution in [-0.2, 0) is 16.0 Å². The van der Waals surface area contributed by atoms with E-state index < -0.39 is 5.60 Å². The van der Waals surface area contributed by atoms with Crippen molar-refractivity contribution >= 4 is 5.97 Å². The largest absolute Gasteiger partial charge is 0.460 e.